The van der Waals surface area contributed by atoms with Gasteiger partial charge in [0.25, 0.3) is 0 Å². The number of carbonyl (C=O) groups excluding carboxylic acids is 1. The molecule has 2 rings (SSSR count). The summed E-state index contributed by atoms with van der Waals surface area (Å²) < 4.78 is 2.63. The van der Waals surface area contributed by atoms with Gasteiger partial charge < -0.3 is 0 Å². The van der Waals surface area contributed by atoms with E-state index in [0.29, 0.717) is 12.1 Å². The van der Waals surface area contributed by atoms with E-state index >= 15 is 0 Å². The van der Waals surface area contributed by atoms with Crippen molar-refractivity contribution in [2.75, 3.05) is 0 Å². The molecule has 4 nitrogen and oxygen atoms in total. The number of nitrogens with zero attached hydrogens (tertiary/aromatic N) is 3. The lowest BCUT2D eigenvalue weighted by Gasteiger charge is -2.06. The molecule has 2 aromatic rings. The molecule has 0 saturated carbocycles. The summed E-state index contributed by atoms with van der Waals surface area (Å²) in [5, 5.41) is 4.29. The van der Waals surface area contributed by atoms with Gasteiger partial charge in [0.1, 0.15) is 5.69 Å². The van der Waals surface area contributed by atoms with Crippen LogP contribution in [-0.4, -0.2) is 20.5 Å². The van der Waals surface area contributed by atoms with E-state index in [-0.39, 0.29) is 5.78 Å². The Balaban J connectivity index is 2.31. The van der Waals surface area contributed by atoms with Crippen molar-refractivity contribution in [2.45, 2.75) is 27.2 Å². The van der Waals surface area contributed by atoms with Crippen LogP contribution in [0.15, 0.2) is 16.7 Å². The Morgan fingerprint density at radius 1 is 1.37 bits per heavy atom. The smallest absolute Gasteiger partial charge is 0.187 e. The Morgan fingerprint density at radius 3 is 2.58 bits per heavy atom. The lowest BCUT2D eigenvalue weighted by atomic mass is 10.1. The molecule has 0 aliphatic carbocycles. The summed E-state index contributed by atoms with van der Waals surface area (Å²) in [4.78, 5) is 16.6. The number of aryl methyl sites for hydroxylation is 4. The van der Waals surface area contributed by atoms with Gasteiger partial charge in [-0.3, -0.25) is 14.5 Å². The zero-order valence-electron chi connectivity index (χ0n) is 11.5. The molecule has 2 heterocycles. The zero-order valence-corrected chi connectivity index (χ0v) is 13.1. The molecule has 0 aliphatic rings. The van der Waals surface area contributed by atoms with E-state index in [1.807, 2.05) is 33.9 Å². The second-order valence-electron chi connectivity index (χ2n) is 4.75. The van der Waals surface area contributed by atoms with Crippen molar-refractivity contribution in [1.82, 2.24) is 14.8 Å². The van der Waals surface area contributed by atoms with Crippen LogP contribution >= 0.6 is 15.9 Å². The Labute approximate surface area is 121 Å². The summed E-state index contributed by atoms with van der Waals surface area (Å²) in [6.07, 6.45) is 2.03. The quantitative estimate of drug-likeness (QED) is 0.817. The van der Waals surface area contributed by atoms with Crippen LogP contribution in [0.1, 0.15) is 33.0 Å². The number of hydrogen-bond donors (Lipinski definition) is 0. The van der Waals surface area contributed by atoms with Gasteiger partial charge >= 0.3 is 0 Å². The molecule has 5 heteroatoms. The number of ketones is 1. The molecule has 0 bridgehead atoms. The number of hydrogen-bond acceptors (Lipinski definition) is 3. The molecule has 100 valence electrons. The first kappa shape index (κ1) is 13.9. The zero-order chi connectivity index (χ0) is 14.2. The van der Waals surface area contributed by atoms with Crippen LogP contribution in [-0.2, 0) is 13.5 Å². The van der Waals surface area contributed by atoms with E-state index in [2.05, 4.69) is 26.0 Å². The Kier molecular flexibility index (Phi) is 3.85. The van der Waals surface area contributed by atoms with E-state index < -0.39 is 0 Å². The summed E-state index contributed by atoms with van der Waals surface area (Å²) in [5.74, 6) is 0.0150. The fourth-order valence-corrected chi connectivity index (χ4v) is 2.59. The topological polar surface area (TPSA) is 47.8 Å². The van der Waals surface area contributed by atoms with E-state index in [0.717, 1.165) is 27.0 Å². The van der Waals surface area contributed by atoms with Crippen molar-refractivity contribution in [2.24, 2.45) is 7.05 Å². The minimum atomic E-state index is 0.0150. The molecule has 0 fully saturated rings. The first-order valence-corrected chi connectivity index (χ1v) is 6.84. The highest BCUT2D eigenvalue weighted by atomic mass is 79.9. The minimum absolute atomic E-state index is 0.0150. The number of rotatable bonds is 3. The Hall–Kier alpha value is -1.49. The van der Waals surface area contributed by atoms with Gasteiger partial charge in [0.2, 0.25) is 0 Å². The third-order valence-electron chi connectivity index (χ3n) is 3.07. The first-order chi connectivity index (χ1) is 8.90. The lowest BCUT2D eigenvalue weighted by Crippen LogP contribution is -2.11. The molecular weight excluding hydrogens is 306 g/mol. The van der Waals surface area contributed by atoms with Crippen LogP contribution in [0.3, 0.4) is 0 Å². The van der Waals surface area contributed by atoms with Gasteiger partial charge in [0.05, 0.1) is 22.3 Å². The van der Waals surface area contributed by atoms with E-state index in [1.54, 1.807) is 10.9 Å². The number of carbonyl (C=O) groups is 1. The average molecular weight is 322 g/mol. The van der Waals surface area contributed by atoms with Gasteiger partial charge in [-0.2, -0.15) is 5.10 Å². The van der Waals surface area contributed by atoms with Gasteiger partial charge in [-0.15, -0.1) is 0 Å². The SMILES string of the molecule is Cc1cnc(C(=O)Cc2c(Br)c(C)nn2C)c(C)c1. The van der Waals surface area contributed by atoms with Crippen molar-refractivity contribution in [3.63, 3.8) is 0 Å². The maximum Gasteiger partial charge on any atom is 0.187 e. The number of aromatic nitrogens is 3. The largest absolute Gasteiger partial charge is 0.292 e. The molecular formula is C14H16BrN3O. The predicted molar refractivity (Wildman–Crippen MR) is 77.4 cm³/mol. The monoisotopic (exact) mass is 321 g/mol. The number of Topliss-reactive ketones (excluding diaryl/α,β-unsaturated/α-hetero) is 1. The average Bonchev–Trinajstić information content (AvgIpc) is 2.56. The molecule has 0 radical (unpaired) electrons. The van der Waals surface area contributed by atoms with Gasteiger partial charge in [-0.05, 0) is 47.8 Å². The second kappa shape index (κ2) is 5.25. The van der Waals surface area contributed by atoms with E-state index in [9.17, 15) is 4.79 Å². The highest BCUT2D eigenvalue weighted by Gasteiger charge is 2.17. The van der Waals surface area contributed by atoms with Gasteiger partial charge in [-0.25, -0.2) is 0 Å². The molecule has 2 aromatic heterocycles. The normalized spacial score (nSPS) is 10.8. The first-order valence-electron chi connectivity index (χ1n) is 6.04. The molecule has 0 aliphatic heterocycles. The van der Waals surface area contributed by atoms with Gasteiger partial charge in [0, 0.05) is 13.2 Å². The summed E-state index contributed by atoms with van der Waals surface area (Å²) in [6, 6.07) is 1.98. The van der Waals surface area contributed by atoms with E-state index in [4.69, 9.17) is 0 Å². The van der Waals surface area contributed by atoms with E-state index in [1.165, 1.54) is 0 Å². The van der Waals surface area contributed by atoms with Crippen LogP contribution in [0.25, 0.3) is 0 Å². The van der Waals surface area contributed by atoms with Gasteiger partial charge in [-0.1, -0.05) is 6.07 Å². The third-order valence-corrected chi connectivity index (χ3v) is 4.10. The summed E-state index contributed by atoms with van der Waals surface area (Å²) in [5.41, 5.74) is 4.28. The maximum absolute atomic E-state index is 12.3. The van der Waals surface area contributed by atoms with Crippen LogP contribution in [0, 0.1) is 20.8 Å². The van der Waals surface area contributed by atoms with Crippen LogP contribution < -0.4 is 0 Å². The maximum atomic E-state index is 12.3. The van der Waals surface area contributed by atoms with Crippen LogP contribution in [0.5, 0.6) is 0 Å². The molecule has 0 saturated heterocycles. The van der Waals surface area contributed by atoms with Crippen LogP contribution in [0.2, 0.25) is 0 Å². The molecule has 0 atom stereocenters. The molecule has 19 heavy (non-hydrogen) atoms. The molecule has 0 N–H and O–H groups in total. The summed E-state index contributed by atoms with van der Waals surface area (Å²) in [6.45, 7) is 5.79. The lowest BCUT2D eigenvalue weighted by molar-refractivity contribution is 0.0985. The molecule has 0 spiro atoms. The highest BCUT2D eigenvalue weighted by molar-refractivity contribution is 9.10. The fraction of sp³-hybridized carbons (Fsp3) is 0.357. The van der Waals surface area contributed by atoms with Crippen molar-refractivity contribution in [3.05, 3.63) is 44.9 Å². The predicted octanol–water partition coefficient (Wildman–Crippen LogP) is 2.93. The molecule has 0 amide bonds. The highest BCUT2D eigenvalue weighted by Crippen LogP contribution is 2.22. The number of pyridine rings is 1. The van der Waals surface area contributed by atoms with Crippen molar-refractivity contribution in [3.8, 4) is 0 Å². The molecule has 0 aromatic carbocycles. The standard InChI is InChI=1S/C14H16BrN3O/c1-8-5-9(2)14(16-7-8)12(19)6-11-13(15)10(3)17-18(11)4/h5,7H,6H2,1-4H3. The van der Waals surface area contributed by atoms with Crippen molar-refractivity contribution >= 4 is 21.7 Å². The minimum Gasteiger partial charge on any atom is -0.292 e. The summed E-state index contributed by atoms with van der Waals surface area (Å²) >= 11 is 3.48. The third kappa shape index (κ3) is 2.76. The Bertz CT molecular complexity index is 646. The van der Waals surface area contributed by atoms with Crippen molar-refractivity contribution < 1.29 is 4.79 Å². The van der Waals surface area contributed by atoms with Crippen molar-refractivity contribution in [1.29, 1.82) is 0 Å². The Morgan fingerprint density at radius 2 is 2.05 bits per heavy atom. The fourth-order valence-electron chi connectivity index (χ4n) is 2.12. The summed E-state index contributed by atoms with van der Waals surface area (Å²) in [7, 11) is 1.84. The second-order valence-corrected chi connectivity index (χ2v) is 5.54. The molecule has 0 unspecified atom stereocenters. The number of halogens is 1. The van der Waals surface area contributed by atoms with Crippen LogP contribution in [0.4, 0.5) is 0 Å². The van der Waals surface area contributed by atoms with Gasteiger partial charge in [0.15, 0.2) is 5.78 Å².